The Labute approximate surface area is 211 Å². The molecule has 1 atom stereocenters. The number of anilines is 1. The van der Waals surface area contributed by atoms with Crippen LogP contribution in [0.15, 0.2) is 66.1 Å². The van der Waals surface area contributed by atoms with Crippen molar-refractivity contribution in [2.75, 3.05) is 30.9 Å². The van der Waals surface area contributed by atoms with Crippen LogP contribution >= 0.6 is 0 Å². The van der Waals surface area contributed by atoms with Crippen molar-refractivity contribution in [3.8, 4) is 0 Å². The van der Waals surface area contributed by atoms with Gasteiger partial charge in [0.1, 0.15) is 0 Å². The molecule has 1 unspecified atom stereocenters. The van der Waals surface area contributed by atoms with Crippen LogP contribution in [0.3, 0.4) is 0 Å². The molecular formula is C29H39NO4S. The molecule has 6 heteroatoms. The van der Waals surface area contributed by atoms with Crippen LogP contribution in [0.4, 0.5) is 5.69 Å². The maximum Gasteiger partial charge on any atom is 0.330 e. The summed E-state index contributed by atoms with van der Waals surface area (Å²) >= 11 is 0. The van der Waals surface area contributed by atoms with Crippen molar-refractivity contribution in [1.29, 1.82) is 0 Å². The fraction of sp³-hybridized carbons (Fsp3) is 0.414. The molecule has 0 radical (unpaired) electrons. The zero-order valence-electron chi connectivity index (χ0n) is 21.3. The third-order valence-corrected chi connectivity index (χ3v) is 7.86. The predicted molar refractivity (Wildman–Crippen MR) is 146 cm³/mol. The van der Waals surface area contributed by atoms with Gasteiger partial charge in [-0.3, -0.25) is 0 Å². The zero-order chi connectivity index (χ0) is 25.7. The van der Waals surface area contributed by atoms with Crippen LogP contribution < -0.4 is 4.90 Å². The topological polar surface area (TPSA) is 63.7 Å². The molecular weight excluding hydrogens is 458 g/mol. The van der Waals surface area contributed by atoms with Gasteiger partial charge in [0, 0.05) is 25.4 Å². The molecule has 0 fully saturated rings. The van der Waals surface area contributed by atoms with E-state index in [9.17, 15) is 13.2 Å². The Morgan fingerprint density at radius 2 is 1.54 bits per heavy atom. The Hall–Kier alpha value is -2.86. The minimum absolute atomic E-state index is 0.118. The number of sulfone groups is 1. The lowest BCUT2D eigenvalue weighted by Gasteiger charge is -2.22. The van der Waals surface area contributed by atoms with Crippen molar-refractivity contribution in [3.05, 3.63) is 72.3 Å². The third-order valence-electron chi connectivity index (χ3n) is 6.04. The predicted octanol–water partition coefficient (Wildman–Crippen LogP) is 6.40. The smallest absolute Gasteiger partial charge is 0.330 e. The summed E-state index contributed by atoms with van der Waals surface area (Å²) in [6.07, 6.45) is 9.24. The fourth-order valence-corrected chi connectivity index (χ4v) is 4.99. The van der Waals surface area contributed by atoms with E-state index in [1.165, 1.54) is 12.1 Å². The number of hydrogen-bond acceptors (Lipinski definition) is 5. The molecule has 0 aliphatic rings. The highest BCUT2D eigenvalue weighted by atomic mass is 32.2. The number of hydrogen-bond donors (Lipinski definition) is 0. The average molecular weight is 498 g/mol. The Kier molecular flexibility index (Phi) is 11.8. The molecule has 2 rings (SSSR count). The first-order valence-electron chi connectivity index (χ1n) is 12.4. The number of esters is 1. The Morgan fingerprint density at radius 3 is 2.11 bits per heavy atom. The largest absolute Gasteiger partial charge is 0.463 e. The summed E-state index contributed by atoms with van der Waals surface area (Å²) < 4.78 is 30.1. The van der Waals surface area contributed by atoms with Crippen LogP contribution in [0.1, 0.15) is 57.1 Å². The van der Waals surface area contributed by atoms with Gasteiger partial charge in [0.2, 0.25) is 0 Å². The van der Waals surface area contributed by atoms with E-state index >= 15 is 0 Å². The molecule has 0 N–H and O–H groups in total. The number of rotatable bonds is 15. The van der Waals surface area contributed by atoms with E-state index in [0.29, 0.717) is 23.8 Å². The molecule has 190 valence electrons. The summed E-state index contributed by atoms with van der Waals surface area (Å²) in [7, 11) is -1.18. The van der Waals surface area contributed by atoms with E-state index in [-0.39, 0.29) is 5.75 Å². The molecule has 2 aromatic carbocycles. The Bertz CT molecular complexity index is 1060. The lowest BCUT2D eigenvalue weighted by molar-refractivity contribution is -0.137. The second-order valence-corrected chi connectivity index (χ2v) is 11.1. The quantitative estimate of drug-likeness (QED) is 0.123. The minimum Gasteiger partial charge on any atom is -0.463 e. The van der Waals surface area contributed by atoms with Crippen molar-refractivity contribution in [1.82, 2.24) is 0 Å². The van der Waals surface area contributed by atoms with Gasteiger partial charge in [-0.1, -0.05) is 76.1 Å². The molecule has 0 amide bonds. The lowest BCUT2D eigenvalue weighted by Crippen LogP contribution is -2.23. The summed E-state index contributed by atoms with van der Waals surface area (Å²) in [4.78, 5) is 13.6. The summed E-state index contributed by atoms with van der Waals surface area (Å²) in [5, 5.41) is 0. The van der Waals surface area contributed by atoms with Crippen molar-refractivity contribution >= 4 is 33.6 Å². The molecule has 0 spiro atoms. The van der Waals surface area contributed by atoms with E-state index in [0.717, 1.165) is 43.0 Å². The van der Waals surface area contributed by atoms with Gasteiger partial charge in [0.05, 0.1) is 17.3 Å². The van der Waals surface area contributed by atoms with Crippen molar-refractivity contribution in [3.63, 3.8) is 0 Å². The summed E-state index contributed by atoms with van der Waals surface area (Å²) in [6, 6.07) is 15.5. The molecule has 0 aliphatic carbocycles. The summed E-state index contributed by atoms with van der Waals surface area (Å²) in [5.74, 6) is 0.350. The SMILES string of the molecule is C=CC(=O)OCCCCCCS(=O)(=O)c1ccc(/C=C/c2ccc(N(C)CC(C)CC)cc2)cc1. The van der Waals surface area contributed by atoms with Crippen molar-refractivity contribution < 1.29 is 17.9 Å². The van der Waals surface area contributed by atoms with E-state index in [1.54, 1.807) is 12.1 Å². The number of ether oxygens (including phenoxy) is 1. The normalized spacial score (nSPS) is 12.4. The van der Waals surface area contributed by atoms with E-state index < -0.39 is 15.8 Å². The van der Waals surface area contributed by atoms with Crippen LogP contribution in [-0.4, -0.2) is 40.3 Å². The van der Waals surface area contributed by atoms with E-state index in [1.807, 2.05) is 24.3 Å². The van der Waals surface area contributed by atoms with E-state index in [2.05, 4.69) is 56.6 Å². The number of nitrogens with zero attached hydrogens (tertiary/aromatic N) is 1. The van der Waals surface area contributed by atoms with Gasteiger partial charge in [-0.25, -0.2) is 13.2 Å². The average Bonchev–Trinajstić information content (AvgIpc) is 2.87. The highest BCUT2D eigenvalue weighted by Crippen LogP contribution is 2.19. The fourth-order valence-electron chi connectivity index (χ4n) is 3.62. The van der Waals surface area contributed by atoms with Gasteiger partial charge in [-0.15, -0.1) is 0 Å². The third kappa shape index (κ3) is 10.1. The first-order valence-corrected chi connectivity index (χ1v) is 14.0. The molecule has 35 heavy (non-hydrogen) atoms. The standard InChI is InChI=1S/C29H39NO4S/c1-5-24(3)23-30(4)27-17-13-25(14-18-27)11-12-26-15-19-28(20-16-26)35(32,33)22-10-8-7-9-21-34-29(31)6-2/h6,11-20,24H,2,5,7-10,21-23H2,1,3-4H3/b12-11+. The highest BCUT2D eigenvalue weighted by molar-refractivity contribution is 7.91. The van der Waals surface area contributed by atoms with E-state index in [4.69, 9.17) is 4.74 Å². The van der Waals surface area contributed by atoms with Gasteiger partial charge >= 0.3 is 5.97 Å². The number of carbonyl (C=O) groups is 1. The van der Waals surface area contributed by atoms with Gasteiger partial charge < -0.3 is 9.64 Å². The summed E-state index contributed by atoms with van der Waals surface area (Å²) in [6.45, 7) is 9.20. The van der Waals surface area contributed by atoms with Gasteiger partial charge in [0.25, 0.3) is 0 Å². The van der Waals surface area contributed by atoms with Crippen LogP contribution in [0.25, 0.3) is 12.2 Å². The monoisotopic (exact) mass is 497 g/mol. The highest BCUT2D eigenvalue weighted by Gasteiger charge is 2.13. The van der Waals surface area contributed by atoms with Crippen LogP contribution in [0.2, 0.25) is 0 Å². The van der Waals surface area contributed by atoms with Crippen molar-refractivity contribution in [2.45, 2.75) is 50.8 Å². The van der Waals surface area contributed by atoms with Crippen molar-refractivity contribution in [2.24, 2.45) is 5.92 Å². The first-order chi connectivity index (χ1) is 16.7. The molecule has 0 aromatic heterocycles. The number of carbonyl (C=O) groups excluding carboxylic acids is 1. The van der Waals surface area contributed by atoms with Crippen LogP contribution in [0.5, 0.6) is 0 Å². The van der Waals surface area contributed by atoms with Gasteiger partial charge in [0.15, 0.2) is 9.84 Å². The molecule has 2 aromatic rings. The Morgan fingerprint density at radius 1 is 0.971 bits per heavy atom. The molecule has 5 nitrogen and oxygen atoms in total. The zero-order valence-corrected chi connectivity index (χ0v) is 22.1. The molecule has 0 saturated carbocycles. The first kappa shape index (κ1) is 28.4. The van der Waals surface area contributed by atoms with Gasteiger partial charge in [-0.2, -0.15) is 0 Å². The maximum atomic E-state index is 12.6. The molecule has 0 aliphatic heterocycles. The lowest BCUT2D eigenvalue weighted by atomic mass is 10.1. The minimum atomic E-state index is -3.31. The molecule has 0 saturated heterocycles. The second kappa shape index (κ2) is 14.5. The number of unbranched alkanes of at least 4 members (excludes halogenated alkanes) is 3. The van der Waals surface area contributed by atoms with Crippen LogP contribution in [-0.2, 0) is 19.4 Å². The number of benzene rings is 2. The Balaban J connectivity index is 1.82. The maximum absolute atomic E-state index is 12.6. The van der Waals surface area contributed by atoms with Gasteiger partial charge in [-0.05, 0) is 54.2 Å². The second-order valence-electron chi connectivity index (χ2n) is 8.99. The summed E-state index contributed by atoms with van der Waals surface area (Å²) in [5.41, 5.74) is 3.26. The van der Waals surface area contributed by atoms with Crippen LogP contribution in [0, 0.1) is 5.92 Å². The molecule has 0 heterocycles. The molecule has 0 bridgehead atoms.